The Labute approximate surface area is 79.8 Å². The lowest BCUT2D eigenvalue weighted by atomic mass is 10.1. The monoisotopic (exact) mass is 175 g/mol. The van der Waals surface area contributed by atoms with Crippen molar-refractivity contribution in [2.24, 2.45) is 0 Å². The third-order valence-corrected chi connectivity index (χ3v) is 2.06. The highest BCUT2D eigenvalue weighted by atomic mass is 14.7. The molecule has 2 aromatic rings. The van der Waals surface area contributed by atoms with Gasteiger partial charge in [-0.2, -0.15) is 0 Å². The van der Waals surface area contributed by atoms with E-state index < -0.39 is 0 Å². The van der Waals surface area contributed by atoms with Gasteiger partial charge < -0.3 is 4.98 Å². The summed E-state index contributed by atoms with van der Waals surface area (Å²) in [5.74, 6) is 0. The Morgan fingerprint density at radius 1 is 1.15 bits per heavy atom. The average Bonchev–Trinajstić information content (AvgIpc) is 2.64. The van der Waals surface area contributed by atoms with Crippen molar-refractivity contribution in [3.8, 4) is 0 Å². The first-order valence-corrected chi connectivity index (χ1v) is 4.97. The summed E-state index contributed by atoms with van der Waals surface area (Å²) in [6, 6.07) is 8.40. The molecular formula is C12H17N. The molecule has 13 heavy (non-hydrogen) atoms. The van der Waals surface area contributed by atoms with Gasteiger partial charge in [-0.1, -0.05) is 39.0 Å². The first-order valence-electron chi connectivity index (χ1n) is 4.97. The SMILES string of the molecule is CC.CCc1c[nH]c2ccccc12. The van der Waals surface area contributed by atoms with E-state index in [0.717, 1.165) is 6.42 Å². The molecule has 0 bridgehead atoms. The highest BCUT2D eigenvalue weighted by Gasteiger charge is 1.97. The van der Waals surface area contributed by atoms with Gasteiger partial charge >= 0.3 is 0 Å². The summed E-state index contributed by atoms with van der Waals surface area (Å²) >= 11 is 0. The van der Waals surface area contributed by atoms with E-state index in [1.165, 1.54) is 16.5 Å². The number of rotatable bonds is 1. The lowest BCUT2D eigenvalue weighted by Crippen LogP contribution is -1.72. The topological polar surface area (TPSA) is 15.8 Å². The molecular weight excluding hydrogens is 158 g/mol. The normalized spacial score (nSPS) is 9.46. The third-order valence-electron chi connectivity index (χ3n) is 2.06. The van der Waals surface area contributed by atoms with Crippen molar-refractivity contribution in [2.75, 3.05) is 0 Å². The Balaban J connectivity index is 0.000000396. The molecule has 2 rings (SSSR count). The van der Waals surface area contributed by atoms with E-state index in [9.17, 15) is 0 Å². The molecule has 0 atom stereocenters. The smallest absolute Gasteiger partial charge is 0.0456 e. The summed E-state index contributed by atoms with van der Waals surface area (Å²) in [6.45, 7) is 6.18. The van der Waals surface area contributed by atoms with E-state index in [1.54, 1.807) is 0 Å². The summed E-state index contributed by atoms with van der Waals surface area (Å²) in [6.07, 6.45) is 3.19. The molecule has 0 amide bonds. The maximum Gasteiger partial charge on any atom is 0.0456 e. The second kappa shape index (κ2) is 4.70. The number of hydrogen-bond donors (Lipinski definition) is 1. The number of benzene rings is 1. The molecule has 1 N–H and O–H groups in total. The van der Waals surface area contributed by atoms with Gasteiger partial charge in [0, 0.05) is 17.1 Å². The fourth-order valence-electron chi connectivity index (χ4n) is 1.42. The van der Waals surface area contributed by atoms with Crippen LogP contribution in [0.1, 0.15) is 26.3 Å². The van der Waals surface area contributed by atoms with Gasteiger partial charge in [0.2, 0.25) is 0 Å². The van der Waals surface area contributed by atoms with Gasteiger partial charge in [-0.3, -0.25) is 0 Å². The molecule has 0 spiro atoms. The molecule has 0 aliphatic rings. The zero-order valence-corrected chi connectivity index (χ0v) is 8.59. The Hall–Kier alpha value is -1.24. The van der Waals surface area contributed by atoms with Crippen LogP contribution in [0.3, 0.4) is 0 Å². The van der Waals surface area contributed by atoms with E-state index in [1.807, 2.05) is 13.8 Å². The maximum absolute atomic E-state index is 3.24. The minimum Gasteiger partial charge on any atom is -0.361 e. The van der Waals surface area contributed by atoms with Gasteiger partial charge in [0.05, 0.1) is 0 Å². The highest BCUT2D eigenvalue weighted by molar-refractivity contribution is 5.82. The van der Waals surface area contributed by atoms with Crippen LogP contribution in [0.5, 0.6) is 0 Å². The molecule has 0 saturated heterocycles. The molecule has 1 aromatic heterocycles. The number of nitrogens with one attached hydrogen (secondary N) is 1. The molecule has 1 heterocycles. The van der Waals surface area contributed by atoms with Crippen molar-refractivity contribution in [3.63, 3.8) is 0 Å². The first-order chi connectivity index (χ1) is 6.42. The van der Waals surface area contributed by atoms with E-state index >= 15 is 0 Å². The van der Waals surface area contributed by atoms with Crippen LogP contribution < -0.4 is 0 Å². The Kier molecular flexibility index (Phi) is 3.56. The van der Waals surface area contributed by atoms with Gasteiger partial charge in [0.25, 0.3) is 0 Å². The molecule has 0 radical (unpaired) electrons. The molecule has 0 aliphatic carbocycles. The molecule has 1 aromatic carbocycles. The number of hydrogen-bond acceptors (Lipinski definition) is 0. The lowest BCUT2D eigenvalue weighted by molar-refractivity contribution is 1.15. The van der Waals surface area contributed by atoms with Crippen LogP contribution in [0.4, 0.5) is 0 Å². The number of aryl methyl sites for hydroxylation is 1. The molecule has 0 unspecified atom stereocenters. The van der Waals surface area contributed by atoms with Crippen molar-refractivity contribution >= 4 is 10.9 Å². The minimum absolute atomic E-state index is 1.10. The molecule has 1 heteroatoms. The van der Waals surface area contributed by atoms with Gasteiger partial charge in [-0.25, -0.2) is 0 Å². The molecule has 70 valence electrons. The zero-order chi connectivity index (χ0) is 9.68. The Morgan fingerprint density at radius 3 is 2.54 bits per heavy atom. The predicted molar refractivity (Wildman–Crippen MR) is 59.0 cm³/mol. The van der Waals surface area contributed by atoms with E-state index in [2.05, 4.69) is 42.4 Å². The van der Waals surface area contributed by atoms with Crippen molar-refractivity contribution in [3.05, 3.63) is 36.0 Å². The summed E-state index contributed by atoms with van der Waals surface area (Å²) in [7, 11) is 0. The van der Waals surface area contributed by atoms with E-state index in [4.69, 9.17) is 0 Å². The summed E-state index contributed by atoms with van der Waals surface area (Å²) < 4.78 is 0. The van der Waals surface area contributed by atoms with Crippen LogP contribution in [0.15, 0.2) is 30.5 Å². The molecule has 0 saturated carbocycles. The quantitative estimate of drug-likeness (QED) is 0.679. The number of fused-ring (bicyclic) bond motifs is 1. The predicted octanol–water partition coefficient (Wildman–Crippen LogP) is 3.76. The summed E-state index contributed by atoms with van der Waals surface area (Å²) in [4.78, 5) is 3.24. The van der Waals surface area contributed by atoms with Crippen LogP contribution >= 0.6 is 0 Å². The second-order valence-electron chi connectivity index (χ2n) is 2.71. The van der Waals surface area contributed by atoms with Gasteiger partial charge in [-0.05, 0) is 18.1 Å². The first kappa shape index (κ1) is 9.85. The number of para-hydroxylation sites is 1. The van der Waals surface area contributed by atoms with Crippen molar-refractivity contribution < 1.29 is 0 Å². The number of aromatic amines is 1. The highest BCUT2D eigenvalue weighted by Crippen LogP contribution is 2.17. The van der Waals surface area contributed by atoms with Gasteiger partial charge in [0.1, 0.15) is 0 Å². The largest absolute Gasteiger partial charge is 0.361 e. The Bertz CT molecular complexity index is 360. The fourth-order valence-corrected chi connectivity index (χ4v) is 1.42. The Morgan fingerprint density at radius 2 is 1.85 bits per heavy atom. The zero-order valence-electron chi connectivity index (χ0n) is 8.59. The van der Waals surface area contributed by atoms with Crippen molar-refractivity contribution in [1.82, 2.24) is 4.98 Å². The van der Waals surface area contributed by atoms with Gasteiger partial charge in [-0.15, -0.1) is 0 Å². The van der Waals surface area contributed by atoms with Crippen LogP contribution in [-0.2, 0) is 6.42 Å². The second-order valence-corrected chi connectivity index (χ2v) is 2.71. The minimum atomic E-state index is 1.10. The molecule has 1 nitrogen and oxygen atoms in total. The molecule has 0 fully saturated rings. The molecule has 0 aliphatic heterocycles. The van der Waals surface area contributed by atoms with Crippen molar-refractivity contribution in [2.45, 2.75) is 27.2 Å². The van der Waals surface area contributed by atoms with Crippen LogP contribution in [0, 0.1) is 0 Å². The van der Waals surface area contributed by atoms with Crippen LogP contribution in [-0.4, -0.2) is 4.98 Å². The maximum atomic E-state index is 3.24. The lowest BCUT2D eigenvalue weighted by Gasteiger charge is -1.90. The van der Waals surface area contributed by atoms with Crippen LogP contribution in [0.25, 0.3) is 10.9 Å². The fraction of sp³-hybridized carbons (Fsp3) is 0.333. The average molecular weight is 175 g/mol. The van der Waals surface area contributed by atoms with E-state index in [-0.39, 0.29) is 0 Å². The summed E-state index contributed by atoms with van der Waals surface area (Å²) in [5, 5.41) is 1.36. The van der Waals surface area contributed by atoms with Crippen molar-refractivity contribution in [1.29, 1.82) is 0 Å². The number of H-pyrrole nitrogens is 1. The van der Waals surface area contributed by atoms with E-state index in [0.29, 0.717) is 0 Å². The van der Waals surface area contributed by atoms with Gasteiger partial charge in [0.15, 0.2) is 0 Å². The summed E-state index contributed by atoms with van der Waals surface area (Å²) in [5.41, 5.74) is 2.64. The third kappa shape index (κ3) is 1.92. The van der Waals surface area contributed by atoms with Crippen LogP contribution in [0.2, 0.25) is 0 Å². The standard InChI is InChI=1S/C10H11N.C2H6/c1-2-8-7-11-10-6-4-3-5-9(8)10;1-2/h3-7,11H,2H2,1H3;1-2H3. The number of aromatic nitrogens is 1.